The Kier molecular flexibility index (Phi) is 4.15. The molecule has 2 aromatic rings. The Labute approximate surface area is 123 Å². The van der Waals surface area contributed by atoms with Crippen molar-refractivity contribution < 1.29 is 4.79 Å². The minimum absolute atomic E-state index is 0.0534. The third-order valence-corrected chi connectivity index (χ3v) is 5.13. The van der Waals surface area contributed by atoms with Gasteiger partial charge >= 0.3 is 0 Å². The van der Waals surface area contributed by atoms with Crippen LogP contribution >= 0.6 is 11.3 Å². The molecule has 20 heavy (non-hydrogen) atoms. The van der Waals surface area contributed by atoms with E-state index in [1.807, 2.05) is 38.6 Å². The van der Waals surface area contributed by atoms with Gasteiger partial charge in [-0.25, -0.2) is 0 Å². The molecule has 2 rings (SSSR count). The van der Waals surface area contributed by atoms with Gasteiger partial charge in [-0.2, -0.15) is 5.10 Å². The molecule has 0 unspecified atom stereocenters. The Hall–Kier alpha value is -1.40. The van der Waals surface area contributed by atoms with Gasteiger partial charge in [0.2, 0.25) is 0 Å². The van der Waals surface area contributed by atoms with Crippen LogP contribution in [0.1, 0.15) is 42.1 Å². The molecule has 5 nitrogen and oxygen atoms in total. The summed E-state index contributed by atoms with van der Waals surface area (Å²) in [6, 6.07) is 1.91. The zero-order valence-electron chi connectivity index (χ0n) is 12.5. The van der Waals surface area contributed by atoms with Crippen molar-refractivity contribution in [3.05, 3.63) is 16.6 Å². The number of aromatic nitrogens is 2. The number of fused-ring (bicyclic) bond motifs is 1. The van der Waals surface area contributed by atoms with Gasteiger partial charge in [-0.1, -0.05) is 13.8 Å². The van der Waals surface area contributed by atoms with Gasteiger partial charge in [-0.15, -0.1) is 11.3 Å². The van der Waals surface area contributed by atoms with Crippen LogP contribution in [-0.4, -0.2) is 27.8 Å². The third-order valence-electron chi connectivity index (χ3n) is 3.93. The summed E-state index contributed by atoms with van der Waals surface area (Å²) in [6.45, 7) is 6.55. The number of carbonyl (C=O) groups is 1. The summed E-state index contributed by atoms with van der Waals surface area (Å²) < 4.78 is 1.82. The molecule has 0 saturated carbocycles. The first-order valence-corrected chi connectivity index (χ1v) is 7.72. The smallest absolute Gasteiger partial charge is 0.261 e. The molecule has 0 saturated heterocycles. The quantitative estimate of drug-likeness (QED) is 0.888. The number of carbonyl (C=O) groups excluding carboxylic acids is 1. The zero-order valence-corrected chi connectivity index (χ0v) is 13.3. The van der Waals surface area contributed by atoms with Crippen LogP contribution < -0.4 is 11.1 Å². The van der Waals surface area contributed by atoms with Crippen molar-refractivity contribution in [2.45, 2.75) is 39.2 Å². The van der Waals surface area contributed by atoms with Crippen molar-refractivity contribution in [1.29, 1.82) is 0 Å². The van der Waals surface area contributed by atoms with Gasteiger partial charge in [-0.05, 0) is 25.8 Å². The van der Waals surface area contributed by atoms with E-state index < -0.39 is 0 Å². The summed E-state index contributed by atoms with van der Waals surface area (Å²) in [5.74, 6) is -0.0534. The van der Waals surface area contributed by atoms with Crippen molar-refractivity contribution in [2.24, 2.45) is 12.8 Å². The average molecular weight is 294 g/mol. The van der Waals surface area contributed by atoms with Gasteiger partial charge < -0.3 is 11.1 Å². The van der Waals surface area contributed by atoms with Crippen LogP contribution in [0.2, 0.25) is 0 Å². The molecule has 2 aromatic heterocycles. The number of nitrogens with two attached hydrogens (primary N) is 1. The van der Waals surface area contributed by atoms with Crippen LogP contribution in [0.25, 0.3) is 10.2 Å². The van der Waals surface area contributed by atoms with Gasteiger partial charge in [0.1, 0.15) is 4.83 Å². The number of amides is 1. The van der Waals surface area contributed by atoms with E-state index in [1.54, 1.807) is 0 Å². The van der Waals surface area contributed by atoms with E-state index in [1.165, 1.54) is 11.3 Å². The summed E-state index contributed by atoms with van der Waals surface area (Å²) in [7, 11) is 1.90. The normalized spacial score (nSPS) is 12.1. The molecular weight excluding hydrogens is 272 g/mol. The number of hydrogen-bond donors (Lipinski definition) is 2. The first-order valence-electron chi connectivity index (χ1n) is 6.90. The van der Waals surface area contributed by atoms with Crippen LogP contribution in [-0.2, 0) is 7.05 Å². The Morgan fingerprint density at radius 1 is 1.50 bits per heavy atom. The number of thiophene rings is 1. The molecule has 1 amide bonds. The lowest BCUT2D eigenvalue weighted by Gasteiger charge is -2.26. The third kappa shape index (κ3) is 2.71. The molecule has 0 fully saturated rings. The lowest BCUT2D eigenvalue weighted by molar-refractivity contribution is 0.0946. The molecule has 0 spiro atoms. The Morgan fingerprint density at radius 2 is 2.15 bits per heavy atom. The first kappa shape index (κ1) is 15.0. The van der Waals surface area contributed by atoms with Gasteiger partial charge in [0.05, 0.1) is 10.6 Å². The second kappa shape index (κ2) is 5.54. The monoisotopic (exact) mass is 294 g/mol. The summed E-state index contributed by atoms with van der Waals surface area (Å²) in [6.07, 6.45) is 1.69. The molecule has 6 heteroatoms. The minimum atomic E-state index is -0.316. The predicted molar refractivity (Wildman–Crippen MR) is 83.2 cm³/mol. The molecule has 0 radical (unpaired) electrons. The predicted octanol–water partition coefficient (Wildman–Crippen LogP) is 2.19. The highest BCUT2D eigenvalue weighted by Crippen LogP contribution is 2.27. The van der Waals surface area contributed by atoms with E-state index in [0.717, 1.165) is 28.8 Å². The van der Waals surface area contributed by atoms with Crippen LogP contribution in [0.3, 0.4) is 0 Å². The topological polar surface area (TPSA) is 72.9 Å². The Bertz CT molecular complexity index is 590. The molecule has 2 heterocycles. The van der Waals surface area contributed by atoms with Crippen molar-refractivity contribution in [1.82, 2.24) is 15.1 Å². The molecule has 0 atom stereocenters. The van der Waals surface area contributed by atoms with Crippen molar-refractivity contribution >= 4 is 27.5 Å². The second-order valence-electron chi connectivity index (χ2n) is 5.29. The van der Waals surface area contributed by atoms with E-state index in [0.29, 0.717) is 11.4 Å². The fraction of sp³-hybridized carbons (Fsp3) is 0.571. The largest absolute Gasteiger partial charge is 0.349 e. The van der Waals surface area contributed by atoms with Crippen LogP contribution in [0.15, 0.2) is 6.07 Å². The zero-order chi connectivity index (χ0) is 14.9. The first-order chi connectivity index (χ1) is 9.40. The molecule has 3 N–H and O–H groups in total. The lowest BCUT2D eigenvalue weighted by atomic mass is 9.94. The number of nitrogens with zero attached hydrogens (tertiary/aromatic N) is 2. The second-order valence-corrected chi connectivity index (χ2v) is 6.32. The van der Waals surface area contributed by atoms with Crippen molar-refractivity contribution in [2.75, 3.05) is 6.54 Å². The summed E-state index contributed by atoms with van der Waals surface area (Å²) in [5, 5.41) is 8.33. The SMILES string of the molecule is CCC(N)(CC)CNC(=O)c1cc2c(C)nn(C)c2s1. The number of hydrogen-bond acceptors (Lipinski definition) is 4. The number of aryl methyl sites for hydroxylation is 2. The van der Waals surface area contributed by atoms with Gasteiger partial charge in [0.25, 0.3) is 5.91 Å². The highest BCUT2D eigenvalue weighted by Gasteiger charge is 2.22. The van der Waals surface area contributed by atoms with Gasteiger partial charge in [0, 0.05) is 24.5 Å². The van der Waals surface area contributed by atoms with E-state index in [-0.39, 0.29) is 11.4 Å². The van der Waals surface area contributed by atoms with E-state index in [9.17, 15) is 4.79 Å². The van der Waals surface area contributed by atoms with Crippen LogP contribution in [0, 0.1) is 6.92 Å². The van der Waals surface area contributed by atoms with Crippen molar-refractivity contribution in [3.63, 3.8) is 0 Å². The van der Waals surface area contributed by atoms with E-state index in [2.05, 4.69) is 10.4 Å². The molecule has 0 aliphatic carbocycles. The maximum Gasteiger partial charge on any atom is 0.261 e. The van der Waals surface area contributed by atoms with Crippen LogP contribution in [0.5, 0.6) is 0 Å². The maximum atomic E-state index is 12.2. The molecule has 0 bridgehead atoms. The Balaban J connectivity index is 2.14. The summed E-state index contributed by atoms with van der Waals surface area (Å²) >= 11 is 1.47. The lowest BCUT2D eigenvalue weighted by Crippen LogP contribution is -2.49. The molecule has 0 aromatic carbocycles. The summed E-state index contributed by atoms with van der Waals surface area (Å²) in [5.41, 5.74) is 6.84. The molecule has 110 valence electrons. The number of rotatable bonds is 5. The summed E-state index contributed by atoms with van der Waals surface area (Å²) in [4.78, 5) is 14.0. The maximum absolute atomic E-state index is 12.2. The minimum Gasteiger partial charge on any atom is -0.349 e. The standard InChI is InChI=1S/C14H22N4OS/c1-5-14(15,6-2)8-16-12(19)11-7-10-9(3)17-18(4)13(10)20-11/h7H,5-6,8,15H2,1-4H3,(H,16,19). The molecule has 0 aliphatic rings. The fourth-order valence-corrected chi connectivity index (χ4v) is 3.20. The van der Waals surface area contributed by atoms with Gasteiger partial charge in [0.15, 0.2) is 0 Å². The molecule has 0 aliphatic heterocycles. The van der Waals surface area contributed by atoms with E-state index >= 15 is 0 Å². The highest BCUT2D eigenvalue weighted by atomic mass is 32.1. The average Bonchev–Trinajstić information content (AvgIpc) is 2.98. The fourth-order valence-electron chi connectivity index (χ4n) is 2.16. The molecular formula is C14H22N4OS. The number of nitrogens with one attached hydrogen (secondary N) is 1. The highest BCUT2D eigenvalue weighted by molar-refractivity contribution is 7.20. The van der Waals surface area contributed by atoms with Gasteiger partial charge in [-0.3, -0.25) is 9.48 Å². The van der Waals surface area contributed by atoms with Crippen LogP contribution in [0.4, 0.5) is 0 Å². The van der Waals surface area contributed by atoms with Crippen molar-refractivity contribution in [3.8, 4) is 0 Å². The van der Waals surface area contributed by atoms with E-state index in [4.69, 9.17) is 5.73 Å². The Morgan fingerprint density at radius 3 is 2.70 bits per heavy atom.